The van der Waals surface area contributed by atoms with E-state index in [0.29, 0.717) is 18.7 Å². The number of aromatic nitrogens is 2. The normalized spacial score (nSPS) is 18.4. The second-order valence-electron chi connectivity index (χ2n) is 10.3. The van der Waals surface area contributed by atoms with Gasteiger partial charge in [-0.2, -0.15) is 0 Å². The summed E-state index contributed by atoms with van der Waals surface area (Å²) >= 11 is 0. The number of hydrogen-bond donors (Lipinski definition) is 1. The fourth-order valence-corrected chi connectivity index (χ4v) is 6.01. The summed E-state index contributed by atoms with van der Waals surface area (Å²) in [4.78, 5) is 18.9. The first kappa shape index (κ1) is 23.6. The lowest BCUT2D eigenvalue weighted by atomic mass is 9.95. The quantitative estimate of drug-likeness (QED) is 0.300. The van der Waals surface area contributed by atoms with Crippen molar-refractivity contribution in [2.75, 3.05) is 18.1 Å². The van der Waals surface area contributed by atoms with Crippen LogP contribution >= 0.6 is 0 Å². The van der Waals surface area contributed by atoms with Crippen LogP contribution in [0.3, 0.4) is 0 Å². The van der Waals surface area contributed by atoms with Gasteiger partial charge in [0.1, 0.15) is 18.2 Å². The van der Waals surface area contributed by atoms with Crippen LogP contribution in [0.1, 0.15) is 61.3 Å². The number of rotatable bonds is 7. The molecule has 1 N–H and O–H groups in total. The molecule has 37 heavy (non-hydrogen) atoms. The zero-order chi connectivity index (χ0) is 25.2. The Kier molecular flexibility index (Phi) is 6.56. The molecule has 3 aromatic carbocycles. The molecule has 2 aliphatic rings. The number of imidazole rings is 1. The molecular weight excluding hydrogens is 462 g/mol. The monoisotopic (exact) mass is 495 g/mol. The molecule has 4 aromatic rings. The van der Waals surface area contributed by atoms with Crippen LogP contribution in [0.2, 0.25) is 0 Å². The molecule has 6 heteroatoms. The number of ether oxygens (including phenoxy) is 1. The van der Waals surface area contributed by atoms with Gasteiger partial charge in [-0.1, -0.05) is 37.5 Å². The van der Waals surface area contributed by atoms with Crippen molar-refractivity contribution in [2.45, 2.75) is 57.0 Å². The van der Waals surface area contributed by atoms with E-state index >= 15 is 0 Å². The molecule has 190 valence electrons. The van der Waals surface area contributed by atoms with Gasteiger partial charge in [0.05, 0.1) is 22.6 Å². The molecule has 1 aromatic heterocycles. The predicted molar refractivity (Wildman–Crippen MR) is 147 cm³/mol. The summed E-state index contributed by atoms with van der Waals surface area (Å²) in [6.45, 7) is 1.73. The first-order valence-corrected chi connectivity index (χ1v) is 13.5. The molecule has 1 aliphatic heterocycles. The van der Waals surface area contributed by atoms with Gasteiger partial charge in [-0.15, -0.1) is 0 Å². The van der Waals surface area contributed by atoms with Crippen LogP contribution in [0.4, 0.5) is 5.69 Å². The maximum atomic E-state index is 11.6. The summed E-state index contributed by atoms with van der Waals surface area (Å²) in [5, 5.41) is 9.48. The van der Waals surface area contributed by atoms with E-state index in [4.69, 9.17) is 9.72 Å². The minimum atomic E-state index is -0.926. The number of aromatic carboxylic acids is 1. The van der Waals surface area contributed by atoms with Gasteiger partial charge in [-0.3, -0.25) is 0 Å². The molecule has 6 rings (SSSR count). The Morgan fingerprint density at radius 1 is 0.919 bits per heavy atom. The second kappa shape index (κ2) is 10.3. The topological polar surface area (TPSA) is 67.6 Å². The van der Waals surface area contributed by atoms with Crippen molar-refractivity contribution in [3.8, 4) is 17.1 Å². The minimum Gasteiger partial charge on any atom is -0.491 e. The second-order valence-corrected chi connectivity index (χ2v) is 10.3. The molecule has 1 saturated carbocycles. The highest BCUT2D eigenvalue weighted by Crippen LogP contribution is 2.36. The average Bonchev–Trinajstić information content (AvgIpc) is 3.57. The number of carboxylic acid groups (broad SMARTS) is 1. The largest absolute Gasteiger partial charge is 0.491 e. The summed E-state index contributed by atoms with van der Waals surface area (Å²) in [6, 6.07) is 24.9. The third-order valence-corrected chi connectivity index (χ3v) is 7.90. The highest BCUT2D eigenvalue weighted by molar-refractivity contribution is 5.93. The average molecular weight is 496 g/mol. The van der Waals surface area contributed by atoms with Crippen LogP contribution in [0, 0.1) is 0 Å². The van der Waals surface area contributed by atoms with Gasteiger partial charge in [0.25, 0.3) is 0 Å². The Hall–Kier alpha value is -3.80. The lowest BCUT2D eigenvalue weighted by Crippen LogP contribution is -2.34. The first-order valence-electron chi connectivity index (χ1n) is 13.5. The molecule has 1 unspecified atom stereocenters. The minimum absolute atomic E-state index is 0.271. The zero-order valence-electron chi connectivity index (χ0n) is 21.1. The first-order chi connectivity index (χ1) is 18.2. The van der Waals surface area contributed by atoms with Crippen molar-refractivity contribution in [2.24, 2.45) is 0 Å². The third-order valence-electron chi connectivity index (χ3n) is 7.90. The fourth-order valence-electron chi connectivity index (χ4n) is 6.01. The van der Waals surface area contributed by atoms with Gasteiger partial charge in [0, 0.05) is 23.8 Å². The molecule has 0 spiro atoms. The summed E-state index contributed by atoms with van der Waals surface area (Å²) in [5.41, 5.74) is 4.31. The van der Waals surface area contributed by atoms with E-state index < -0.39 is 5.97 Å². The summed E-state index contributed by atoms with van der Waals surface area (Å²) in [7, 11) is 0. The van der Waals surface area contributed by atoms with Crippen LogP contribution < -0.4 is 9.64 Å². The van der Waals surface area contributed by atoms with E-state index in [1.807, 2.05) is 18.2 Å². The van der Waals surface area contributed by atoms with Gasteiger partial charge >= 0.3 is 5.97 Å². The summed E-state index contributed by atoms with van der Waals surface area (Å²) in [5.74, 6) is 0.837. The Morgan fingerprint density at radius 3 is 2.46 bits per heavy atom. The molecule has 1 aliphatic carbocycles. The molecule has 1 saturated heterocycles. The highest BCUT2D eigenvalue weighted by atomic mass is 16.5. The maximum Gasteiger partial charge on any atom is 0.335 e. The number of para-hydroxylation sites is 1. The predicted octanol–water partition coefficient (Wildman–Crippen LogP) is 6.95. The Labute approximate surface area is 217 Å². The van der Waals surface area contributed by atoms with Gasteiger partial charge in [-0.25, -0.2) is 9.78 Å². The number of hydrogen-bond acceptors (Lipinski definition) is 4. The third kappa shape index (κ3) is 4.80. The standard InChI is InChI=1S/C31H33N3O3/c35-31(36)23-15-18-29-28(20-23)32-30(34(29)25-10-5-2-6-11-25)22-13-16-27(17-14-22)37-21-26-12-7-19-33(26)24-8-3-1-4-9-24/h1,3-4,8-9,13-18,20,25-26H,2,5-7,10-12,19,21H2,(H,35,36). The van der Waals surface area contributed by atoms with E-state index in [9.17, 15) is 9.90 Å². The molecular formula is C31H33N3O3. The number of nitrogens with zero attached hydrogens (tertiary/aromatic N) is 3. The van der Waals surface area contributed by atoms with Crippen molar-refractivity contribution < 1.29 is 14.6 Å². The van der Waals surface area contributed by atoms with Crippen LogP contribution in [-0.2, 0) is 0 Å². The van der Waals surface area contributed by atoms with Crippen LogP contribution in [0.15, 0.2) is 72.8 Å². The van der Waals surface area contributed by atoms with Crippen LogP contribution in [-0.4, -0.2) is 39.8 Å². The molecule has 6 nitrogen and oxygen atoms in total. The highest BCUT2D eigenvalue weighted by Gasteiger charge is 2.26. The number of fused-ring (bicyclic) bond motifs is 1. The van der Waals surface area contributed by atoms with E-state index in [-0.39, 0.29) is 5.56 Å². The number of carbonyl (C=O) groups is 1. The maximum absolute atomic E-state index is 11.6. The Bertz CT molecular complexity index is 1370. The number of carboxylic acids is 1. The van der Waals surface area contributed by atoms with Gasteiger partial charge < -0.3 is 19.3 Å². The molecule has 2 fully saturated rings. The number of benzene rings is 3. The Morgan fingerprint density at radius 2 is 1.70 bits per heavy atom. The van der Waals surface area contributed by atoms with Gasteiger partial charge in [0.2, 0.25) is 0 Å². The molecule has 1 atom stereocenters. The molecule has 0 bridgehead atoms. The van der Waals surface area contributed by atoms with Crippen molar-refractivity contribution >= 4 is 22.7 Å². The number of anilines is 1. The molecule has 0 radical (unpaired) electrons. The lowest BCUT2D eigenvalue weighted by molar-refractivity contribution is 0.0697. The zero-order valence-corrected chi connectivity index (χ0v) is 21.1. The Balaban J connectivity index is 1.24. The van der Waals surface area contributed by atoms with Crippen molar-refractivity contribution in [1.82, 2.24) is 9.55 Å². The van der Waals surface area contributed by atoms with Crippen molar-refractivity contribution in [3.05, 3.63) is 78.4 Å². The fraction of sp³-hybridized carbons (Fsp3) is 0.355. The van der Waals surface area contributed by atoms with E-state index in [0.717, 1.165) is 54.0 Å². The lowest BCUT2D eigenvalue weighted by Gasteiger charge is -2.27. The van der Waals surface area contributed by atoms with Crippen molar-refractivity contribution in [3.63, 3.8) is 0 Å². The van der Waals surface area contributed by atoms with Gasteiger partial charge in [0.15, 0.2) is 0 Å². The molecule has 0 amide bonds. The summed E-state index contributed by atoms with van der Waals surface area (Å²) < 4.78 is 8.59. The summed E-state index contributed by atoms with van der Waals surface area (Å²) in [6.07, 6.45) is 8.27. The van der Waals surface area contributed by atoms with Crippen LogP contribution in [0.25, 0.3) is 22.4 Å². The van der Waals surface area contributed by atoms with Crippen molar-refractivity contribution in [1.29, 1.82) is 0 Å². The smallest absolute Gasteiger partial charge is 0.335 e. The van der Waals surface area contributed by atoms with E-state index in [2.05, 4.69) is 51.9 Å². The van der Waals surface area contributed by atoms with Gasteiger partial charge in [-0.05, 0) is 80.3 Å². The van der Waals surface area contributed by atoms with Crippen LogP contribution in [0.5, 0.6) is 5.75 Å². The SMILES string of the molecule is O=C(O)c1ccc2c(c1)nc(-c1ccc(OCC3CCCN3c3ccccc3)cc1)n2C1CCCCC1. The van der Waals surface area contributed by atoms with E-state index in [1.165, 1.54) is 31.4 Å². The van der Waals surface area contributed by atoms with E-state index in [1.54, 1.807) is 12.1 Å². The molecule has 2 heterocycles.